The van der Waals surface area contributed by atoms with Crippen LogP contribution in [0.3, 0.4) is 0 Å². The molecule has 0 fully saturated rings. The molecular weight excluding hydrogens is 544 g/mol. The van der Waals surface area contributed by atoms with Gasteiger partial charge in [-0.05, 0) is 84.6 Å². The van der Waals surface area contributed by atoms with Gasteiger partial charge in [0.2, 0.25) is 5.36 Å². The average Bonchev–Trinajstić information content (AvgIpc) is 3.08. The van der Waals surface area contributed by atoms with E-state index < -0.39 is 0 Å². The van der Waals surface area contributed by atoms with Crippen molar-refractivity contribution < 1.29 is 9.21 Å². The zero-order valence-corrected chi connectivity index (χ0v) is 28.7. The molecule has 240 valence electrons. The maximum atomic E-state index is 11.0. The second kappa shape index (κ2) is 19.7. The van der Waals surface area contributed by atoms with Gasteiger partial charge in [-0.3, -0.25) is 4.79 Å². The van der Waals surface area contributed by atoms with Gasteiger partial charge in [0.25, 0.3) is 0 Å². The van der Waals surface area contributed by atoms with Crippen LogP contribution in [0.2, 0.25) is 0 Å². The van der Waals surface area contributed by atoms with Crippen LogP contribution < -0.4 is 20.6 Å². The second-order valence-electron chi connectivity index (χ2n) is 10.6. The number of Topliss-reactive ketones (excluding diaryl/α,β-unsaturated/α-hetero) is 1. The lowest BCUT2D eigenvalue weighted by Crippen LogP contribution is -2.29. The molecule has 2 N–H and O–H groups in total. The molecule has 1 heterocycles. The lowest BCUT2D eigenvalue weighted by Gasteiger charge is -2.22. The van der Waals surface area contributed by atoms with Gasteiger partial charge < -0.3 is 20.0 Å². The first-order chi connectivity index (χ1) is 21.4. The van der Waals surface area contributed by atoms with Crippen LogP contribution in [0.25, 0.3) is 33.4 Å². The molecule has 2 aromatic carbocycles. The van der Waals surface area contributed by atoms with E-state index in [0.29, 0.717) is 12.2 Å². The molecular formula is C38H57N4O2+. The first kappa shape index (κ1) is 36.7. The number of carbonyl (C=O) groups is 1. The monoisotopic (exact) mass is 601 g/mol. The van der Waals surface area contributed by atoms with E-state index in [1.165, 1.54) is 29.2 Å². The molecule has 0 saturated carbocycles. The largest absolute Gasteiger partial charge is 0.456 e. The maximum absolute atomic E-state index is 11.0. The molecule has 0 spiro atoms. The van der Waals surface area contributed by atoms with Crippen LogP contribution in [0, 0.1) is 0 Å². The summed E-state index contributed by atoms with van der Waals surface area (Å²) in [5.74, 6) is 1.32. The molecule has 4 rings (SSSR count). The van der Waals surface area contributed by atoms with Crippen LogP contribution in [0.4, 0.5) is 5.69 Å². The number of carbonyl (C=O) groups excluding carboxylic acids is 1. The Labute approximate surface area is 266 Å². The number of anilines is 1. The van der Waals surface area contributed by atoms with Crippen LogP contribution >= 0.6 is 0 Å². The number of hydrogen-bond donors (Lipinski definition) is 1. The Balaban J connectivity index is 0.000000409. The Morgan fingerprint density at radius 1 is 0.795 bits per heavy atom. The minimum atomic E-state index is 0.391. The molecule has 1 aliphatic heterocycles. The fourth-order valence-corrected chi connectivity index (χ4v) is 5.57. The summed E-state index contributed by atoms with van der Waals surface area (Å²) in [6, 6.07) is 23.9. The predicted octanol–water partition coefficient (Wildman–Crippen LogP) is 7.53. The zero-order valence-electron chi connectivity index (χ0n) is 28.7. The number of rotatable bonds is 13. The molecule has 44 heavy (non-hydrogen) atoms. The van der Waals surface area contributed by atoms with E-state index in [0.717, 1.165) is 80.9 Å². The highest BCUT2D eigenvalue weighted by molar-refractivity contribution is 6.02. The lowest BCUT2D eigenvalue weighted by molar-refractivity contribution is -0.118. The van der Waals surface area contributed by atoms with Gasteiger partial charge in [-0.2, -0.15) is 0 Å². The summed E-state index contributed by atoms with van der Waals surface area (Å²) < 4.78 is 8.87. The molecule has 0 bridgehead atoms. The van der Waals surface area contributed by atoms with Crippen LogP contribution in [-0.4, -0.2) is 63.5 Å². The van der Waals surface area contributed by atoms with E-state index in [9.17, 15) is 4.79 Å². The third kappa shape index (κ3) is 9.76. The van der Waals surface area contributed by atoms with Gasteiger partial charge in [-0.1, -0.05) is 51.1 Å². The lowest BCUT2D eigenvalue weighted by atomic mass is 9.93. The van der Waals surface area contributed by atoms with Gasteiger partial charge in [0.15, 0.2) is 0 Å². The van der Waals surface area contributed by atoms with Crippen molar-refractivity contribution in [1.82, 2.24) is 9.48 Å². The van der Waals surface area contributed by atoms with Crippen LogP contribution in [-0.2, 0) is 4.79 Å². The van der Waals surface area contributed by atoms with E-state index in [1.54, 1.807) is 0 Å². The van der Waals surface area contributed by atoms with Crippen molar-refractivity contribution in [2.45, 2.75) is 67.7 Å². The molecule has 6 heteroatoms. The fraction of sp³-hybridized carbons (Fsp3) is 0.474. The summed E-state index contributed by atoms with van der Waals surface area (Å²) in [6.07, 6.45) is 2.47. The topological polar surface area (TPSA) is 65.7 Å². The third-order valence-electron chi connectivity index (χ3n) is 8.23. The Kier molecular flexibility index (Phi) is 16.5. The molecule has 0 radical (unpaired) electrons. The van der Waals surface area contributed by atoms with Crippen molar-refractivity contribution >= 4 is 22.4 Å². The van der Waals surface area contributed by atoms with Crippen molar-refractivity contribution in [2.24, 2.45) is 5.73 Å². The van der Waals surface area contributed by atoms with E-state index in [-0.39, 0.29) is 0 Å². The Morgan fingerprint density at radius 2 is 1.45 bits per heavy atom. The summed E-state index contributed by atoms with van der Waals surface area (Å²) in [5.41, 5.74) is 10.2. The second-order valence-corrected chi connectivity index (χ2v) is 10.6. The van der Waals surface area contributed by atoms with Crippen molar-refractivity contribution in [3.63, 3.8) is 0 Å². The number of nitrogens with zero attached hydrogens (tertiary/aromatic N) is 3. The standard InChI is InChI=1S/C27H31N2O.C10H21NO.CH5N/c1-5-28(6-2)21-14-16-23-25(18-21)30-26-19-22(29(7-3)8-4)15-17-24(26)27(23)20-12-10-9-11-13-20;1-4-10(12)8-7-9-11(5-2)6-3;1-2/h9-19H,5-8H2,1-4H3;4-9H2,1-3H3;2H2,1H3/q+1;;. The van der Waals surface area contributed by atoms with Crippen LogP contribution in [0.15, 0.2) is 71.1 Å². The number of ketones is 1. The van der Waals surface area contributed by atoms with E-state index in [4.69, 9.17) is 4.42 Å². The molecule has 0 unspecified atom stereocenters. The Hall–Kier alpha value is -3.48. The Morgan fingerprint density at radius 3 is 2.02 bits per heavy atom. The third-order valence-corrected chi connectivity index (χ3v) is 8.23. The quantitative estimate of drug-likeness (QED) is 0.127. The number of fused-ring (bicyclic) bond motifs is 2. The first-order valence-corrected chi connectivity index (χ1v) is 16.6. The number of hydrogen-bond acceptors (Lipinski definition) is 5. The van der Waals surface area contributed by atoms with Crippen molar-refractivity contribution in [3.8, 4) is 22.5 Å². The average molecular weight is 602 g/mol. The summed E-state index contributed by atoms with van der Waals surface area (Å²) in [6.45, 7) is 22.2. The molecule has 6 nitrogen and oxygen atoms in total. The highest BCUT2D eigenvalue weighted by atomic mass is 16.3. The number of nitrogens with two attached hydrogens (primary N) is 1. The SMILES string of the molecule is CCC(=O)CCCN(CC)CC.CCN(CC)c1ccc2c(-c3ccccc3)c3ccc(=[N+](CC)CC)cc-3oc2c1.CN. The summed E-state index contributed by atoms with van der Waals surface area (Å²) in [4.78, 5) is 15.7. The highest BCUT2D eigenvalue weighted by Crippen LogP contribution is 2.40. The predicted molar refractivity (Wildman–Crippen MR) is 191 cm³/mol. The molecule has 2 aromatic rings. The highest BCUT2D eigenvalue weighted by Gasteiger charge is 2.19. The van der Waals surface area contributed by atoms with Gasteiger partial charge >= 0.3 is 0 Å². The molecule has 0 atom stereocenters. The minimum absolute atomic E-state index is 0.391. The molecule has 0 amide bonds. The Bertz CT molecular complexity index is 1430. The molecule has 2 aliphatic rings. The van der Waals surface area contributed by atoms with Crippen molar-refractivity contribution in [1.29, 1.82) is 0 Å². The maximum Gasteiger partial charge on any atom is 0.203 e. The van der Waals surface area contributed by atoms with Crippen molar-refractivity contribution in [2.75, 3.05) is 57.8 Å². The zero-order chi connectivity index (χ0) is 32.5. The smallest absolute Gasteiger partial charge is 0.203 e. The van der Waals surface area contributed by atoms with Crippen LogP contribution in [0.5, 0.6) is 0 Å². The fourth-order valence-electron chi connectivity index (χ4n) is 5.57. The van der Waals surface area contributed by atoms with Gasteiger partial charge in [0.05, 0.1) is 6.07 Å². The van der Waals surface area contributed by atoms with Crippen LogP contribution in [0.1, 0.15) is 67.7 Å². The molecule has 0 aromatic heterocycles. The van der Waals surface area contributed by atoms with Crippen molar-refractivity contribution in [3.05, 3.63) is 72.1 Å². The minimum Gasteiger partial charge on any atom is -0.456 e. The van der Waals surface area contributed by atoms with Gasteiger partial charge in [-0.25, -0.2) is 4.58 Å². The normalized spacial score (nSPS) is 10.7. The number of benzene rings is 3. The molecule has 1 aliphatic carbocycles. The van der Waals surface area contributed by atoms with Gasteiger partial charge in [0.1, 0.15) is 30.2 Å². The summed E-state index contributed by atoms with van der Waals surface area (Å²) in [5, 5.41) is 2.36. The summed E-state index contributed by atoms with van der Waals surface area (Å²) in [7, 11) is 1.50. The van der Waals surface area contributed by atoms with E-state index in [2.05, 4.69) is 128 Å². The van der Waals surface area contributed by atoms with E-state index in [1.807, 2.05) is 6.92 Å². The van der Waals surface area contributed by atoms with Gasteiger partial charge in [-0.15, -0.1) is 0 Å². The molecule has 0 saturated heterocycles. The van der Waals surface area contributed by atoms with Gasteiger partial charge in [0, 0.05) is 60.3 Å². The first-order valence-electron chi connectivity index (χ1n) is 16.6. The van der Waals surface area contributed by atoms with E-state index >= 15 is 0 Å². The summed E-state index contributed by atoms with van der Waals surface area (Å²) >= 11 is 0.